The first-order valence-electron chi connectivity index (χ1n) is 5.38. The fraction of sp³-hybridized carbons (Fsp3) is 0.545. The SMILES string of the molecule is COC(C)(C)c1nc2sc(SC)nc2c(=O)n1C. The molecule has 0 N–H and O–H groups in total. The number of hydrogen-bond donors (Lipinski definition) is 0. The molecule has 0 saturated carbocycles. The number of hydrogen-bond acceptors (Lipinski definition) is 6. The zero-order valence-corrected chi connectivity index (χ0v) is 12.6. The normalized spacial score (nSPS) is 12.3. The Labute approximate surface area is 113 Å². The van der Waals surface area contributed by atoms with Crippen molar-refractivity contribution in [3.63, 3.8) is 0 Å². The van der Waals surface area contributed by atoms with Gasteiger partial charge in [-0.3, -0.25) is 9.36 Å². The Balaban J connectivity index is 2.78. The summed E-state index contributed by atoms with van der Waals surface area (Å²) in [5.41, 5.74) is -0.301. The van der Waals surface area contributed by atoms with Crippen molar-refractivity contribution in [2.24, 2.45) is 7.05 Å². The molecule has 98 valence electrons. The number of thiazole rings is 1. The zero-order valence-electron chi connectivity index (χ0n) is 11.0. The second-order valence-corrected chi connectivity index (χ2v) is 6.38. The molecule has 2 aromatic rings. The van der Waals surface area contributed by atoms with Crippen molar-refractivity contribution in [3.05, 3.63) is 16.2 Å². The van der Waals surface area contributed by atoms with Crippen LogP contribution < -0.4 is 5.56 Å². The van der Waals surface area contributed by atoms with Gasteiger partial charge in [0.2, 0.25) is 0 Å². The molecule has 2 rings (SSSR count). The van der Waals surface area contributed by atoms with Crippen LogP contribution in [0.25, 0.3) is 10.3 Å². The minimum Gasteiger partial charge on any atom is -0.371 e. The van der Waals surface area contributed by atoms with Gasteiger partial charge in [-0.25, -0.2) is 9.97 Å². The van der Waals surface area contributed by atoms with Crippen LogP contribution in [0.2, 0.25) is 0 Å². The van der Waals surface area contributed by atoms with Crippen LogP contribution in [0.5, 0.6) is 0 Å². The molecule has 0 radical (unpaired) electrons. The molecule has 18 heavy (non-hydrogen) atoms. The Kier molecular flexibility index (Phi) is 3.48. The highest BCUT2D eigenvalue weighted by atomic mass is 32.2. The first kappa shape index (κ1) is 13.5. The van der Waals surface area contributed by atoms with Crippen LogP contribution in [-0.2, 0) is 17.4 Å². The fourth-order valence-corrected chi connectivity index (χ4v) is 3.07. The van der Waals surface area contributed by atoms with Crippen LogP contribution in [-0.4, -0.2) is 27.9 Å². The minimum absolute atomic E-state index is 0.128. The Morgan fingerprint density at radius 1 is 1.39 bits per heavy atom. The van der Waals surface area contributed by atoms with Crippen LogP contribution in [0.3, 0.4) is 0 Å². The highest BCUT2D eigenvalue weighted by molar-refractivity contribution is 8.00. The van der Waals surface area contributed by atoms with Gasteiger partial charge in [-0.1, -0.05) is 23.1 Å². The molecule has 2 aromatic heterocycles. The van der Waals surface area contributed by atoms with E-state index in [0.29, 0.717) is 16.2 Å². The maximum atomic E-state index is 12.2. The molecule has 0 spiro atoms. The van der Waals surface area contributed by atoms with E-state index in [9.17, 15) is 4.79 Å². The molecule has 0 aliphatic carbocycles. The molecule has 0 aliphatic heterocycles. The van der Waals surface area contributed by atoms with Crippen LogP contribution in [0.15, 0.2) is 9.13 Å². The number of ether oxygens (including phenoxy) is 1. The van der Waals surface area contributed by atoms with Gasteiger partial charge in [-0.2, -0.15) is 0 Å². The summed E-state index contributed by atoms with van der Waals surface area (Å²) in [5.74, 6) is 0.610. The van der Waals surface area contributed by atoms with Crippen molar-refractivity contribution in [2.45, 2.75) is 23.8 Å². The van der Waals surface area contributed by atoms with E-state index in [2.05, 4.69) is 9.97 Å². The predicted octanol–water partition coefficient (Wildman–Crippen LogP) is 1.99. The Hall–Kier alpha value is -0.920. The molecule has 0 saturated heterocycles. The molecule has 2 heterocycles. The topological polar surface area (TPSA) is 57.0 Å². The van der Waals surface area contributed by atoms with E-state index in [1.807, 2.05) is 20.1 Å². The Morgan fingerprint density at radius 3 is 2.61 bits per heavy atom. The van der Waals surface area contributed by atoms with Gasteiger partial charge in [-0.05, 0) is 20.1 Å². The summed E-state index contributed by atoms with van der Waals surface area (Å²) in [6.45, 7) is 3.77. The van der Waals surface area contributed by atoms with Gasteiger partial charge >= 0.3 is 0 Å². The molecule has 0 fully saturated rings. The number of methoxy groups -OCH3 is 1. The maximum absolute atomic E-state index is 12.2. The van der Waals surface area contributed by atoms with E-state index < -0.39 is 5.60 Å². The highest BCUT2D eigenvalue weighted by Gasteiger charge is 2.26. The van der Waals surface area contributed by atoms with Gasteiger partial charge < -0.3 is 4.74 Å². The lowest BCUT2D eigenvalue weighted by molar-refractivity contribution is 0.00842. The second-order valence-electron chi connectivity index (χ2n) is 4.35. The van der Waals surface area contributed by atoms with Crippen molar-refractivity contribution >= 4 is 33.4 Å². The third-order valence-electron chi connectivity index (χ3n) is 2.85. The Morgan fingerprint density at radius 2 is 2.06 bits per heavy atom. The fourth-order valence-electron chi connectivity index (χ4n) is 1.65. The van der Waals surface area contributed by atoms with E-state index >= 15 is 0 Å². The molecular formula is C11H15N3O2S2. The average Bonchev–Trinajstić information content (AvgIpc) is 2.77. The average molecular weight is 285 g/mol. The molecule has 7 heteroatoms. The summed E-state index contributed by atoms with van der Waals surface area (Å²) in [7, 11) is 3.30. The first-order chi connectivity index (χ1) is 8.40. The van der Waals surface area contributed by atoms with Gasteiger partial charge in [0.05, 0.1) is 0 Å². The summed E-state index contributed by atoms with van der Waals surface area (Å²) in [4.78, 5) is 21.7. The summed E-state index contributed by atoms with van der Waals surface area (Å²) in [5, 5.41) is 0. The van der Waals surface area contributed by atoms with Gasteiger partial charge in [0, 0.05) is 14.2 Å². The van der Waals surface area contributed by atoms with E-state index in [1.54, 1.807) is 14.2 Å². The first-order valence-corrected chi connectivity index (χ1v) is 7.42. The summed E-state index contributed by atoms with van der Waals surface area (Å²) >= 11 is 2.95. The van der Waals surface area contributed by atoms with Gasteiger partial charge in [0.25, 0.3) is 5.56 Å². The van der Waals surface area contributed by atoms with E-state index in [0.717, 1.165) is 4.34 Å². The summed E-state index contributed by atoms with van der Waals surface area (Å²) in [6.07, 6.45) is 1.93. The molecule has 0 unspecified atom stereocenters. The lowest BCUT2D eigenvalue weighted by atomic mass is 10.1. The molecule has 5 nitrogen and oxygen atoms in total. The van der Waals surface area contributed by atoms with E-state index in [1.165, 1.54) is 27.7 Å². The number of aromatic nitrogens is 3. The zero-order chi connectivity index (χ0) is 13.5. The van der Waals surface area contributed by atoms with E-state index in [4.69, 9.17) is 4.74 Å². The van der Waals surface area contributed by atoms with Crippen molar-refractivity contribution in [1.82, 2.24) is 14.5 Å². The second kappa shape index (κ2) is 4.64. The number of thioether (sulfide) groups is 1. The number of nitrogens with zero attached hydrogens (tertiary/aromatic N) is 3. The van der Waals surface area contributed by atoms with Crippen LogP contribution in [0.4, 0.5) is 0 Å². The molecule has 0 aromatic carbocycles. The van der Waals surface area contributed by atoms with Crippen LogP contribution in [0, 0.1) is 0 Å². The highest BCUT2D eigenvalue weighted by Crippen LogP contribution is 2.27. The lowest BCUT2D eigenvalue weighted by Gasteiger charge is -2.23. The third-order valence-corrected chi connectivity index (χ3v) is 4.78. The lowest BCUT2D eigenvalue weighted by Crippen LogP contribution is -2.32. The number of fused-ring (bicyclic) bond motifs is 1. The van der Waals surface area contributed by atoms with Crippen LogP contribution in [0.1, 0.15) is 19.7 Å². The van der Waals surface area contributed by atoms with Gasteiger partial charge in [0.1, 0.15) is 11.4 Å². The molecule has 0 amide bonds. The number of rotatable bonds is 3. The van der Waals surface area contributed by atoms with Crippen molar-refractivity contribution in [1.29, 1.82) is 0 Å². The van der Waals surface area contributed by atoms with Crippen molar-refractivity contribution in [3.8, 4) is 0 Å². The largest absolute Gasteiger partial charge is 0.371 e. The van der Waals surface area contributed by atoms with E-state index in [-0.39, 0.29) is 5.56 Å². The molecule has 0 aliphatic rings. The van der Waals surface area contributed by atoms with Gasteiger partial charge in [-0.15, -0.1) is 0 Å². The van der Waals surface area contributed by atoms with Crippen molar-refractivity contribution < 1.29 is 4.74 Å². The Bertz CT molecular complexity index is 646. The monoisotopic (exact) mass is 285 g/mol. The third kappa shape index (κ3) is 2.06. The standard InChI is InChI=1S/C11H15N3O2S2/c1-11(2,16-4)9-13-7-6(8(15)14(9)3)12-10(17-5)18-7/h1-5H3. The smallest absolute Gasteiger partial charge is 0.280 e. The molecule has 0 bridgehead atoms. The quantitative estimate of drug-likeness (QED) is 0.807. The molecule has 0 atom stereocenters. The summed E-state index contributed by atoms with van der Waals surface area (Å²) < 4.78 is 7.76. The minimum atomic E-state index is -0.606. The summed E-state index contributed by atoms with van der Waals surface area (Å²) in [6, 6.07) is 0. The predicted molar refractivity (Wildman–Crippen MR) is 74.5 cm³/mol. The van der Waals surface area contributed by atoms with Crippen LogP contribution >= 0.6 is 23.1 Å². The maximum Gasteiger partial charge on any atom is 0.280 e. The molecular weight excluding hydrogens is 270 g/mol. The van der Waals surface area contributed by atoms with Crippen molar-refractivity contribution in [2.75, 3.05) is 13.4 Å². The van der Waals surface area contributed by atoms with Gasteiger partial charge in [0.15, 0.2) is 14.7 Å².